The minimum atomic E-state index is -0.837. The minimum absolute atomic E-state index is 0.107. The number of amides is 1. The zero-order valence-electron chi connectivity index (χ0n) is 13.6. The molecular formula is C18H23NO4. The quantitative estimate of drug-likeness (QED) is 0.819. The van der Waals surface area contributed by atoms with Gasteiger partial charge in [0.05, 0.1) is 12.0 Å². The molecule has 1 aromatic rings. The van der Waals surface area contributed by atoms with Crippen molar-refractivity contribution in [1.82, 2.24) is 4.90 Å². The SMILES string of the molecule is CCC(C)Oc1ccccc1C=CC(=O)N1CCC(C(=O)O)C1. The Morgan fingerprint density at radius 1 is 1.43 bits per heavy atom. The highest BCUT2D eigenvalue weighted by atomic mass is 16.5. The van der Waals surface area contributed by atoms with Crippen LogP contribution < -0.4 is 4.74 Å². The molecule has 2 atom stereocenters. The first-order valence-electron chi connectivity index (χ1n) is 7.96. The van der Waals surface area contributed by atoms with Crippen LogP contribution in [0.2, 0.25) is 0 Å². The summed E-state index contributed by atoms with van der Waals surface area (Å²) in [6.45, 7) is 4.83. The molecule has 1 aromatic carbocycles. The van der Waals surface area contributed by atoms with E-state index in [9.17, 15) is 9.59 Å². The minimum Gasteiger partial charge on any atom is -0.490 e. The number of ether oxygens (including phenoxy) is 1. The summed E-state index contributed by atoms with van der Waals surface area (Å²) < 4.78 is 5.85. The molecule has 1 aliphatic rings. The molecule has 1 N–H and O–H groups in total. The molecule has 23 heavy (non-hydrogen) atoms. The van der Waals surface area contributed by atoms with Gasteiger partial charge in [-0.1, -0.05) is 25.1 Å². The summed E-state index contributed by atoms with van der Waals surface area (Å²) in [5.74, 6) is -0.701. The molecule has 0 spiro atoms. The zero-order chi connectivity index (χ0) is 16.8. The summed E-state index contributed by atoms with van der Waals surface area (Å²) >= 11 is 0. The van der Waals surface area contributed by atoms with Crippen LogP contribution in [0, 0.1) is 5.92 Å². The van der Waals surface area contributed by atoms with E-state index < -0.39 is 11.9 Å². The zero-order valence-corrected chi connectivity index (χ0v) is 13.6. The fourth-order valence-corrected chi connectivity index (χ4v) is 2.45. The Bertz CT molecular complexity index is 596. The summed E-state index contributed by atoms with van der Waals surface area (Å²) in [7, 11) is 0. The normalized spacial score (nSPS) is 19.0. The maximum atomic E-state index is 12.2. The topological polar surface area (TPSA) is 66.8 Å². The number of carbonyl (C=O) groups excluding carboxylic acids is 1. The maximum Gasteiger partial charge on any atom is 0.308 e. The van der Waals surface area contributed by atoms with Gasteiger partial charge in [0, 0.05) is 24.7 Å². The van der Waals surface area contributed by atoms with Crippen molar-refractivity contribution in [2.75, 3.05) is 13.1 Å². The first-order valence-corrected chi connectivity index (χ1v) is 7.96. The molecule has 0 aromatic heterocycles. The van der Waals surface area contributed by atoms with Crippen molar-refractivity contribution in [2.45, 2.75) is 32.8 Å². The van der Waals surface area contributed by atoms with Crippen LogP contribution in [0.1, 0.15) is 32.3 Å². The molecule has 1 saturated heterocycles. The van der Waals surface area contributed by atoms with E-state index in [1.165, 1.54) is 6.08 Å². The van der Waals surface area contributed by atoms with Gasteiger partial charge in [0.2, 0.25) is 5.91 Å². The molecule has 2 unspecified atom stereocenters. The van der Waals surface area contributed by atoms with E-state index >= 15 is 0 Å². The Morgan fingerprint density at radius 3 is 2.83 bits per heavy atom. The van der Waals surface area contributed by atoms with Gasteiger partial charge >= 0.3 is 5.97 Å². The Hall–Kier alpha value is -2.30. The van der Waals surface area contributed by atoms with Crippen LogP contribution in [0.25, 0.3) is 6.08 Å². The predicted octanol–water partition coefficient (Wildman–Crippen LogP) is 2.81. The summed E-state index contributed by atoms with van der Waals surface area (Å²) in [4.78, 5) is 24.7. The number of rotatable bonds is 6. The van der Waals surface area contributed by atoms with Crippen molar-refractivity contribution in [3.05, 3.63) is 35.9 Å². The second kappa shape index (κ2) is 7.81. The average molecular weight is 317 g/mol. The van der Waals surface area contributed by atoms with Gasteiger partial charge in [-0.15, -0.1) is 0 Å². The van der Waals surface area contributed by atoms with Crippen molar-refractivity contribution in [3.8, 4) is 5.75 Å². The first-order chi connectivity index (χ1) is 11.0. The standard InChI is InChI=1S/C18H23NO4/c1-3-13(2)23-16-7-5-4-6-14(16)8-9-17(20)19-11-10-15(12-19)18(21)22/h4-9,13,15H,3,10-12H2,1-2H3,(H,21,22). The number of benzene rings is 1. The van der Waals surface area contributed by atoms with Gasteiger partial charge in [0.25, 0.3) is 0 Å². The lowest BCUT2D eigenvalue weighted by molar-refractivity contribution is -0.141. The van der Waals surface area contributed by atoms with E-state index in [-0.39, 0.29) is 18.6 Å². The highest BCUT2D eigenvalue weighted by molar-refractivity contribution is 5.92. The Kier molecular flexibility index (Phi) is 5.79. The molecule has 0 aliphatic carbocycles. The van der Waals surface area contributed by atoms with Crippen molar-refractivity contribution in [3.63, 3.8) is 0 Å². The van der Waals surface area contributed by atoms with Gasteiger partial charge in [0.15, 0.2) is 0 Å². The fourth-order valence-electron chi connectivity index (χ4n) is 2.45. The molecule has 1 amide bonds. The van der Waals surface area contributed by atoms with Gasteiger partial charge in [-0.05, 0) is 31.9 Å². The van der Waals surface area contributed by atoms with Gasteiger partial charge in [-0.2, -0.15) is 0 Å². The Morgan fingerprint density at radius 2 is 2.17 bits per heavy atom. The number of para-hydroxylation sites is 1. The summed E-state index contributed by atoms with van der Waals surface area (Å²) in [5.41, 5.74) is 0.843. The second-order valence-corrected chi connectivity index (χ2v) is 5.82. The lowest BCUT2D eigenvalue weighted by Crippen LogP contribution is -2.28. The molecule has 5 heteroatoms. The molecule has 1 heterocycles. The maximum absolute atomic E-state index is 12.2. The molecule has 0 saturated carbocycles. The lowest BCUT2D eigenvalue weighted by atomic mass is 10.1. The molecule has 1 fully saturated rings. The van der Waals surface area contributed by atoms with Crippen LogP contribution in [0.3, 0.4) is 0 Å². The predicted molar refractivity (Wildman–Crippen MR) is 88.2 cm³/mol. The number of aliphatic carboxylic acids is 1. The third-order valence-corrected chi connectivity index (χ3v) is 4.08. The van der Waals surface area contributed by atoms with Crippen molar-refractivity contribution >= 4 is 18.0 Å². The number of carboxylic acids is 1. The fraction of sp³-hybridized carbons (Fsp3) is 0.444. The van der Waals surface area contributed by atoms with Gasteiger partial charge in [-0.25, -0.2) is 0 Å². The van der Waals surface area contributed by atoms with E-state index in [2.05, 4.69) is 6.92 Å². The van der Waals surface area contributed by atoms with E-state index in [4.69, 9.17) is 9.84 Å². The molecule has 124 valence electrons. The summed E-state index contributed by atoms with van der Waals surface area (Å²) in [6, 6.07) is 7.57. The second-order valence-electron chi connectivity index (χ2n) is 5.82. The van der Waals surface area contributed by atoms with E-state index in [1.807, 2.05) is 31.2 Å². The number of hydrogen-bond acceptors (Lipinski definition) is 3. The van der Waals surface area contributed by atoms with Gasteiger partial charge in [-0.3, -0.25) is 9.59 Å². The van der Waals surface area contributed by atoms with Crippen LogP contribution in [-0.2, 0) is 9.59 Å². The van der Waals surface area contributed by atoms with Crippen LogP contribution in [0.5, 0.6) is 5.75 Å². The van der Waals surface area contributed by atoms with Crippen molar-refractivity contribution in [1.29, 1.82) is 0 Å². The Labute approximate surface area is 136 Å². The van der Waals surface area contributed by atoms with Crippen LogP contribution in [0.4, 0.5) is 0 Å². The molecule has 0 bridgehead atoms. The van der Waals surface area contributed by atoms with Crippen molar-refractivity contribution in [2.24, 2.45) is 5.92 Å². The molecule has 0 radical (unpaired) electrons. The van der Waals surface area contributed by atoms with E-state index in [1.54, 1.807) is 11.0 Å². The van der Waals surface area contributed by atoms with Crippen molar-refractivity contribution < 1.29 is 19.4 Å². The van der Waals surface area contributed by atoms with E-state index in [0.29, 0.717) is 13.0 Å². The van der Waals surface area contributed by atoms with E-state index in [0.717, 1.165) is 17.7 Å². The third-order valence-electron chi connectivity index (χ3n) is 4.08. The average Bonchev–Trinajstić information content (AvgIpc) is 3.04. The first kappa shape index (κ1) is 17.1. The highest BCUT2D eigenvalue weighted by Crippen LogP contribution is 2.22. The summed E-state index contributed by atoms with van der Waals surface area (Å²) in [5, 5.41) is 8.99. The number of likely N-dealkylation sites (tertiary alicyclic amines) is 1. The monoisotopic (exact) mass is 317 g/mol. The smallest absolute Gasteiger partial charge is 0.308 e. The van der Waals surface area contributed by atoms with Crippen LogP contribution in [0.15, 0.2) is 30.3 Å². The van der Waals surface area contributed by atoms with Crippen LogP contribution in [-0.4, -0.2) is 41.1 Å². The van der Waals surface area contributed by atoms with Gasteiger partial charge in [0.1, 0.15) is 5.75 Å². The largest absolute Gasteiger partial charge is 0.490 e. The number of nitrogens with zero attached hydrogens (tertiary/aromatic N) is 1. The number of carboxylic acid groups (broad SMARTS) is 1. The number of hydrogen-bond donors (Lipinski definition) is 1. The summed E-state index contributed by atoms with van der Waals surface area (Å²) in [6.07, 6.45) is 4.75. The van der Waals surface area contributed by atoms with Crippen LogP contribution >= 0.6 is 0 Å². The number of carbonyl (C=O) groups is 2. The Balaban J connectivity index is 2.03. The highest BCUT2D eigenvalue weighted by Gasteiger charge is 2.29. The molecule has 5 nitrogen and oxygen atoms in total. The van der Waals surface area contributed by atoms with Gasteiger partial charge < -0.3 is 14.7 Å². The molecule has 1 aliphatic heterocycles. The molecular weight excluding hydrogens is 294 g/mol. The lowest BCUT2D eigenvalue weighted by Gasteiger charge is -2.15. The third kappa shape index (κ3) is 4.58. The molecule has 2 rings (SSSR count).